The molecule has 0 aromatic carbocycles. The normalized spacial score (nSPS) is 27.2. The van der Waals surface area contributed by atoms with Crippen LogP contribution in [0.1, 0.15) is 60.3 Å². The molecule has 0 saturated heterocycles. The largest absolute Gasteiger partial charge is 0.464 e. The van der Waals surface area contributed by atoms with Gasteiger partial charge >= 0.3 is 5.97 Å². The van der Waals surface area contributed by atoms with Crippen molar-refractivity contribution in [3.63, 3.8) is 0 Å². The molecule has 0 aliphatic heterocycles. The van der Waals surface area contributed by atoms with E-state index in [1.807, 2.05) is 6.92 Å². The van der Waals surface area contributed by atoms with Gasteiger partial charge in [0.2, 0.25) is 5.91 Å². The van der Waals surface area contributed by atoms with Gasteiger partial charge in [0.05, 0.1) is 6.61 Å². The van der Waals surface area contributed by atoms with Gasteiger partial charge in [-0.2, -0.15) is 0 Å². The summed E-state index contributed by atoms with van der Waals surface area (Å²) in [6.07, 6.45) is 3.79. The van der Waals surface area contributed by atoms with E-state index in [2.05, 4.69) is 26.1 Å². The fourth-order valence-electron chi connectivity index (χ4n) is 3.35. The fourth-order valence-corrected chi connectivity index (χ4v) is 3.35. The Kier molecular flexibility index (Phi) is 7.20. The molecule has 4 nitrogen and oxygen atoms in total. The van der Waals surface area contributed by atoms with Crippen LogP contribution >= 0.6 is 0 Å². The molecule has 122 valence electrons. The first-order valence-electron chi connectivity index (χ1n) is 8.37. The number of rotatable bonds is 6. The fraction of sp³-hybridized carbons (Fsp3) is 0.882. The minimum absolute atomic E-state index is 0.0252. The number of hydrogen-bond donors (Lipinski definition) is 1. The highest BCUT2D eigenvalue weighted by Crippen LogP contribution is 2.38. The average molecular weight is 297 g/mol. The third-order valence-electron chi connectivity index (χ3n) is 4.65. The van der Waals surface area contributed by atoms with E-state index in [9.17, 15) is 9.59 Å². The molecule has 4 heteroatoms. The van der Waals surface area contributed by atoms with Gasteiger partial charge in [0.1, 0.15) is 6.04 Å². The van der Waals surface area contributed by atoms with E-state index in [4.69, 9.17) is 4.74 Å². The second-order valence-corrected chi connectivity index (χ2v) is 6.65. The summed E-state index contributed by atoms with van der Waals surface area (Å²) in [5, 5.41) is 2.91. The first-order chi connectivity index (χ1) is 9.90. The lowest BCUT2D eigenvalue weighted by atomic mass is 9.69. The highest BCUT2D eigenvalue weighted by Gasteiger charge is 2.36. The number of esters is 1. The Hall–Kier alpha value is -1.06. The van der Waals surface area contributed by atoms with E-state index in [1.54, 1.807) is 6.92 Å². The summed E-state index contributed by atoms with van der Waals surface area (Å²) in [4.78, 5) is 24.5. The second kappa shape index (κ2) is 8.40. The molecule has 1 saturated carbocycles. The molecule has 1 unspecified atom stereocenters. The summed E-state index contributed by atoms with van der Waals surface area (Å²) < 4.78 is 5.02. The van der Waals surface area contributed by atoms with E-state index < -0.39 is 6.04 Å². The third kappa shape index (κ3) is 5.01. The van der Waals surface area contributed by atoms with Crippen molar-refractivity contribution >= 4 is 11.9 Å². The predicted molar refractivity (Wildman–Crippen MR) is 83.7 cm³/mol. The molecular weight excluding hydrogens is 266 g/mol. The minimum Gasteiger partial charge on any atom is -0.464 e. The lowest BCUT2D eigenvalue weighted by Gasteiger charge is -2.36. The molecule has 0 bridgehead atoms. The molecule has 1 aliphatic rings. The number of hydrogen-bond acceptors (Lipinski definition) is 3. The van der Waals surface area contributed by atoms with Crippen LogP contribution in [0.4, 0.5) is 0 Å². The number of nitrogens with one attached hydrogen (secondary N) is 1. The van der Waals surface area contributed by atoms with Crippen LogP contribution < -0.4 is 5.32 Å². The standard InChI is InChI=1S/C17H31NO3/c1-6-15(17(20)21-7-2)18-16(19)14-10-12(5)8-9-13(14)11(3)4/h11-15H,6-10H2,1-5H3,(H,18,19)/t12-,13+,14-,15?/m1/s1. The topological polar surface area (TPSA) is 55.4 Å². The first-order valence-corrected chi connectivity index (χ1v) is 8.37. The van der Waals surface area contributed by atoms with Crippen LogP contribution in [0.25, 0.3) is 0 Å². The van der Waals surface area contributed by atoms with Crippen LogP contribution in [0, 0.1) is 23.7 Å². The Morgan fingerprint density at radius 2 is 1.90 bits per heavy atom. The van der Waals surface area contributed by atoms with Crippen molar-refractivity contribution in [2.45, 2.75) is 66.3 Å². The van der Waals surface area contributed by atoms with Crippen molar-refractivity contribution in [3.05, 3.63) is 0 Å². The Morgan fingerprint density at radius 1 is 1.24 bits per heavy atom. The van der Waals surface area contributed by atoms with Gasteiger partial charge in [0.15, 0.2) is 0 Å². The SMILES string of the molecule is CCOC(=O)C(CC)NC(=O)[C@@H]1C[C@H](C)CC[C@H]1C(C)C. The lowest BCUT2D eigenvalue weighted by Crippen LogP contribution is -2.47. The zero-order valence-electron chi connectivity index (χ0n) is 14.1. The Balaban J connectivity index is 2.71. The highest BCUT2D eigenvalue weighted by molar-refractivity contribution is 5.86. The van der Waals surface area contributed by atoms with Crippen molar-refractivity contribution in [1.29, 1.82) is 0 Å². The highest BCUT2D eigenvalue weighted by atomic mass is 16.5. The van der Waals surface area contributed by atoms with Gasteiger partial charge in [0.25, 0.3) is 0 Å². The smallest absolute Gasteiger partial charge is 0.328 e. The van der Waals surface area contributed by atoms with Crippen LogP contribution in [0.2, 0.25) is 0 Å². The Labute approximate surface area is 129 Å². The molecule has 1 fully saturated rings. The maximum absolute atomic E-state index is 12.6. The average Bonchev–Trinajstić information content (AvgIpc) is 2.44. The number of carbonyl (C=O) groups is 2. The summed E-state index contributed by atoms with van der Waals surface area (Å²) in [6.45, 7) is 10.6. The van der Waals surface area contributed by atoms with Gasteiger partial charge < -0.3 is 10.1 Å². The molecule has 0 radical (unpaired) electrons. The third-order valence-corrected chi connectivity index (χ3v) is 4.65. The number of ether oxygens (including phenoxy) is 1. The van der Waals surface area contributed by atoms with Gasteiger partial charge in [-0.1, -0.05) is 34.1 Å². The molecular formula is C17H31NO3. The molecule has 1 N–H and O–H groups in total. The molecule has 1 rings (SSSR count). The van der Waals surface area contributed by atoms with Crippen molar-refractivity contribution in [1.82, 2.24) is 5.32 Å². The van der Waals surface area contributed by atoms with E-state index in [0.717, 1.165) is 12.8 Å². The Morgan fingerprint density at radius 3 is 2.43 bits per heavy atom. The van der Waals surface area contributed by atoms with Crippen molar-refractivity contribution in [2.24, 2.45) is 23.7 Å². The predicted octanol–water partition coefficient (Wildman–Crippen LogP) is 3.15. The van der Waals surface area contributed by atoms with Crippen LogP contribution in [0.15, 0.2) is 0 Å². The molecule has 1 amide bonds. The van der Waals surface area contributed by atoms with Crippen LogP contribution in [0.3, 0.4) is 0 Å². The van der Waals surface area contributed by atoms with Crippen LogP contribution in [0.5, 0.6) is 0 Å². The van der Waals surface area contributed by atoms with Gasteiger partial charge in [-0.25, -0.2) is 4.79 Å². The molecule has 0 spiro atoms. The van der Waals surface area contributed by atoms with Gasteiger partial charge in [-0.3, -0.25) is 4.79 Å². The van der Waals surface area contributed by atoms with Gasteiger partial charge in [-0.05, 0) is 43.9 Å². The van der Waals surface area contributed by atoms with Gasteiger partial charge in [-0.15, -0.1) is 0 Å². The molecule has 0 heterocycles. The first kappa shape index (κ1) is 18.0. The second-order valence-electron chi connectivity index (χ2n) is 6.65. The number of amides is 1. The molecule has 1 aliphatic carbocycles. The zero-order valence-corrected chi connectivity index (χ0v) is 14.1. The van der Waals surface area contributed by atoms with E-state index in [1.165, 1.54) is 6.42 Å². The van der Waals surface area contributed by atoms with Crippen molar-refractivity contribution in [2.75, 3.05) is 6.61 Å². The van der Waals surface area contributed by atoms with E-state index >= 15 is 0 Å². The molecule has 21 heavy (non-hydrogen) atoms. The monoisotopic (exact) mass is 297 g/mol. The summed E-state index contributed by atoms with van der Waals surface area (Å²) in [5.41, 5.74) is 0. The van der Waals surface area contributed by atoms with Crippen LogP contribution in [-0.4, -0.2) is 24.5 Å². The summed E-state index contributed by atoms with van der Waals surface area (Å²) >= 11 is 0. The maximum Gasteiger partial charge on any atom is 0.328 e. The van der Waals surface area contributed by atoms with Crippen molar-refractivity contribution in [3.8, 4) is 0 Å². The summed E-state index contributed by atoms with van der Waals surface area (Å²) in [6, 6.07) is -0.512. The number of carbonyl (C=O) groups excluding carboxylic acids is 2. The minimum atomic E-state index is -0.512. The Bertz CT molecular complexity index is 354. The van der Waals surface area contributed by atoms with Crippen LogP contribution in [-0.2, 0) is 14.3 Å². The summed E-state index contributed by atoms with van der Waals surface area (Å²) in [5.74, 6) is 1.23. The van der Waals surface area contributed by atoms with E-state index in [0.29, 0.717) is 30.8 Å². The quantitative estimate of drug-likeness (QED) is 0.766. The zero-order chi connectivity index (χ0) is 16.0. The van der Waals surface area contributed by atoms with E-state index in [-0.39, 0.29) is 17.8 Å². The van der Waals surface area contributed by atoms with Crippen molar-refractivity contribution < 1.29 is 14.3 Å². The maximum atomic E-state index is 12.6. The summed E-state index contributed by atoms with van der Waals surface area (Å²) in [7, 11) is 0. The van der Waals surface area contributed by atoms with Gasteiger partial charge in [0, 0.05) is 5.92 Å². The molecule has 0 aromatic rings. The molecule has 0 aromatic heterocycles. The lowest BCUT2D eigenvalue weighted by molar-refractivity contribution is -0.148. The molecule has 4 atom stereocenters.